The number of sulfonamides is 1. The lowest BCUT2D eigenvalue weighted by atomic mass is 10.3. The lowest BCUT2D eigenvalue weighted by Crippen LogP contribution is -2.45. The van der Waals surface area contributed by atoms with Crippen molar-refractivity contribution in [2.24, 2.45) is 0 Å². The molecule has 0 aliphatic carbocycles. The molecule has 0 unspecified atom stereocenters. The molecule has 1 fully saturated rings. The molecule has 1 aromatic rings. The number of carbonyl (C=O) groups is 2. The van der Waals surface area contributed by atoms with Crippen LogP contribution >= 0.6 is 23.4 Å². The third-order valence-electron chi connectivity index (χ3n) is 3.64. The predicted molar refractivity (Wildman–Crippen MR) is 96.1 cm³/mol. The average Bonchev–Trinajstić information content (AvgIpc) is 2.61. The highest BCUT2D eigenvalue weighted by atomic mass is 35.5. The number of nitrogens with zero attached hydrogens (tertiary/aromatic N) is 1. The van der Waals surface area contributed by atoms with Crippen LogP contribution in [-0.4, -0.2) is 62.9 Å². The van der Waals surface area contributed by atoms with Gasteiger partial charge < -0.3 is 9.64 Å². The first-order valence-electron chi connectivity index (χ1n) is 7.56. The maximum atomic E-state index is 12.2. The van der Waals surface area contributed by atoms with E-state index in [1.54, 1.807) is 4.90 Å². The van der Waals surface area contributed by atoms with Crippen LogP contribution in [0.1, 0.15) is 6.42 Å². The molecule has 2 rings (SSSR count). The van der Waals surface area contributed by atoms with Gasteiger partial charge in [-0.1, -0.05) is 11.6 Å². The number of benzene rings is 1. The molecule has 0 saturated carbocycles. The van der Waals surface area contributed by atoms with Gasteiger partial charge in [0.15, 0.2) is 0 Å². The first-order valence-corrected chi connectivity index (χ1v) is 10.5. The SMILES string of the molecule is COC(=O)[C@@H]1CN(C(=O)CCNS(=O)(=O)c2ccc(Cl)cc2)CCS1. The van der Waals surface area contributed by atoms with E-state index in [2.05, 4.69) is 4.72 Å². The maximum Gasteiger partial charge on any atom is 0.320 e. The Hall–Kier alpha value is -1.29. The van der Waals surface area contributed by atoms with Crippen LogP contribution in [0.25, 0.3) is 0 Å². The van der Waals surface area contributed by atoms with Crippen molar-refractivity contribution in [2.45, 2.75) is 16.6 Å². The standard InChI is InChI=1S/C15H19ClN2O5S2/c1-23-15(20)13-10-18(8-9-24-13)14(19)6-7-17-25(21,22)12-4-2-11(16)3-5-12/h2-5,13,17H,6-10H2,1H3/t13-/m0/s1. The summed E-state index contributed by atoms with van der Waals surface area (Å²) in [6.07, 6.45) is 0.0192. The van der Waals surface area contributed by atoms with Crippen LogP contribution in [-0.2, 0) is 24.3 Å². The highest BCUT2D eigenvalue weighted by molar-refractivity contribution is 8.00. The summed E-state index contributed by atoms with van der Waals surface area (Å²) >= 11 is 7.19. The zero-order chi connectivity index (χ0) is 18.4. The van der Waals surface area contributed by atoms with Crippen molar-refractivity contribution >= 4 is 45.3 Å². The number of hydrogen-bond donors (Lipinski definition) is 1. The number of amides is 1. The third-order valence-corrected chi connectivity index (χ3v) is 6.53. The number of methoxy groups -OCH3 is 1. The number of nitrogens with one attached hydrogen (secondary N) is 1. The van der Waals surface area contributed by atoms with Gasteiger partial charge in [0, 0.05) is 36.8 Å². The van der Waals surface area contributed by atoms with E-state index >= 15 is 0 Å². The van der Waals surface area contributed by atoms with Crippen LogP contribution in [0, 0.1) is 0 Å². The van der Waals surface area contributed by atoms with E-state index < -0.39 is 15.3 Å². The Labute approximate surface area is 156 Å². The minimum Gasteiger partial charge on any atom is -0.468 e. The lowest BCUT2D eigenvalue weighted by Gasteiger charge is -2.31. The normalized spacial score (nSPS) is 18.0. The van der Waals surface area contributed by atoms with Crippen LogP contribution in [0.4, 0.5) is 0 Å². The van der Waals surface area contributed by atoms with Gasteiger partial charge in [-0.15, -0.1) is 11.8 Å². The van der Waals surface area contributed by atoms with Crippen molar-refractivity contribution in [2.75, 3.05) is 32.5 Å². The number of ether oxygens (including phenoxy) is 1. The summed E-state index contributed by atoms with van der Waals surface area (Å²) in [7, 11) is -2.37. The van der Waals surface area contributed by atoms with Crippen LogP contribution in [0.15, 0.2) is 29.2 Å². The number of halogens is 1. The van der Waals surface area contributed by atoms with Crippen LogP contribution < -0.4 is 4.72 Å². The summed E-state index contributed by atoms with van der Waals surface area (Å²) < 4.78 is 31.4. The molecule has 7 nitrogen and oxygen atoms in total. The molecule has 1 saturated heterocycles. The Bertz CT molecular complexity index is 724. The Morgan fingerprint density at radius 1 is 1.36 bits per heavy atom. The van der Waals surface area contributed by atoms with E-state index in [4.69, 9.17) is 16.3 Å². The highest BCUT2D eigenvalue weighted by Crippen LogP contribution is 2.20. The van der Waals surface area contributed by atoms with Gasteiger partial charge >= 0.3 is 5.97 Å². The van der Waals surface area contributed by atoms with Crippen LogP contribution in [0.5, 0.6) is 0 Å². The Balaban J connectivity index is 1.85. The molecule has 1 aliphatic rings. The van der Waals surface area contributed by atoms with Gasteiger partial charge in [0.05, 0.1) is 12.0 Å². The maximum absolute atomic E-state index is 12.2. The molecule has 0 radical (unpaired) electrons. The number of esters is 1. The smallest absolute Gasteiger partial charge is 0.320 e. The molecule has 1 heterocycles. The third kappa shape index (κ3) is 5.60. The molecular formula is C15H19ClN2O5S2. The molecule has 0 bridgehead atoms. The summed E-state index contributed by atoms with van der Waals surface area (Å²) in [6, 6.07) is 5.77. The van der Waals surface area contributed by atoms with Crippen molar-refractivity contribution in [1.82, 2.24) is 9.62 Å². The van der Waals surface area contributed by atoms with Crippen molar-refractivity contribution in [3.63, 3.8) is 0 Å². The topological polar surface area (TPSA) is 92.8 Å². The van der Waals surface area contributed by atoms with E-state index in [0.717, 1.165) is 0 Å². The molecule has 1 N–H and O–H groups in total. The average molecular weight is 407 g/mol. The summed E-state index contributed by atoms with van der Waals surface area (Å²) in [6.45, 7) is 0.789. The van der Waals surface area contributed by atoms with Gasteiger partial charge in [0.2, 0.25) is 15.9 Å². The quantitative estimate of drug-likeness (QED) is 0.712. The van der Waals surface area contributed by atoms with Crippen molar-refractivity contribution in [3.8, 4) is 0 Å². The summed E-state index contributed by atoms with van der Waals surface area (Å²) in [4.78, 5) is 25.5. The first-order chi connectivity index (χ1) is 11.8. The van der Waals surface area contributed by atoms with Gasteiger partial charge in [-0.25, -0.2) is 13.1 Å². The van der Waals surface area contributed by atoms with E-state index in [1.807, 2.05) is 0 Å². The fourth-order valence-electron chi connectivity index (χ4n) is 2.30. The fraction of sp³-hybridized carbons (Fsp3) is 0.467. The Morgan fingerprint density at radius 3 is 2.68 bits per heavy atom. The summed E-state index contributed by atoms with van der Waals surface area (Å²) in [5.74, 6) is 0.0844. The molecule has 1 aromatic carbocycles. The van der Waals surface area contributed by atoms with Gasteiger partial charge in [0.1, 0.15) is 5.25 Å². The zero-order valence-corrected chi connectivity index (χ0v) is 16.0. The van der Waals surface area contributed by atoms with Crippen LogP contribution in [0.3, 0.4) is 0 Å². The van der Waals surface area contributed by atoms with Gasteiger partial charge in [-0.3, -0.25) is 9.59 Å². The lowest BCUT2D eigenvalue weighted by molar-refractivity contribution is -0.141. The van der Waals surface area contributed by atoms with Gasteiger partial charge in [-0.2, -0.15) is 0 Å². The van der Waals surface area contributed by atoms with Crippen LogP contribution in [0.2, 0.25) is 5.02 Å². The largest absolute Gasteiger partial charge is 0.468 e. The summed E-state index contributed by atoms with van der Waals surface area (Å²) in [5.41, 5.74) is 0. The monoisotopic (exact) mass is 406 g/mol. The molecule has 0 spiro atoms. The molecular weight excluding hydrogens is 388 g/mol. The number of rotatable bonds is 6. The zero-order valence-electron chi connectivity index (χ0n) is 13.6. The number of carbonyl (C=O) groups excluding carboxylic acids is 2. The molecule has 1 aliphatic heterocycles. The Morgan fingerprint density at radius 2 is 2.04 bits per heavy atom. The predicted octanol–water partition coefficient (Wildman–Crippen LogP) is 1.13. The summed E-state index contributed by atoms with van der Waals surface area (Å²) in [5, 5.41) is 0.0470. The van der Waals surface area contributed by atoms with E-state index in [1.165, 1.54) is 43.1 Å². The number of hydrogen-bond acceptors (Lipinski definition) is 6. The Kier molecular flexibility index (Phi) is 7.12. The molecule has 10 heteroatoms. The highest BCUT2D eigenvalue weighted by Gasteiger charge is 2.29. The van der Waals surface area contributed by atoms with Crippen molar-refractivity contribution < 1.29 is 22.7 Å². The molecule has 1 amide bonds. The van der Waals surface area contributed by atoms with Gasteiger partial charge in [0.25, 0.3) is 0 Å². The van der Waals surface area contributed by atoms with Crippen molar-refractivity contribution in [3.05, 3.63) is 29.3 Å². The van der Waals surface area contributed by atoms with Crippen molar-refractivity contribution in [1.29, 1.82) is 0 Å². The van der Waals surface area contributed by atoms with E-state index in [9.17, 15) is 18.0 Å². The molecule has 25 heavy (non-hydrogen) atoms. The second-order valence-corrected chi connectivity index (χ2v) is 8.84. The minimum absolute atomic E-state index is 0.0175. The van der Waals surface area contributed by atoms with E-state index in [-0.39, 0.29) is 36.3 Å². The number of thioether (sulfide) groups is 1. The molecule has 0 aromatic heterocycles. The fourth-order valence-corrected chi connectivity index (χ4v) is 4.58. The first kappa shape index (κ1) is 20.0. The minimum atomic E-state index is -3.69. The second kappa shape index (κ2) is 8.88. The second-order valence-electron chi connectivity index (χ2n) is 5.32. The molecule has 1 atom stereocenters. The molecule has 138 valence electrons. The van der Waals surface area contributed by atoms with Gasteiger partial charge in [-0.05, 0) is 24.3 Å². The van der Waals surface area contributed by atoms with E-state index in [0.29, 0.717) is 17.3 Å².